The van der Waals surface area contributed by atoms with Crippen molar-refractivity contribution in [1.82, 2.24) is 19.1 Å². The minimum Gasteiger partial charge on any atom is -0.483 e. The highest BCUT2D eigenvalue weighted by molar-refractivity contribution is 7.90. The second-order valence-electron chi connectivity index (χ2n) is 9.32. The molecule has 3 aromatic rings. The number of β-amino-alcohol motifs (C(OH)–C–C–N with tert-alkyl or cyclic N) is 1. The van der Waals surface area contributed by atoms with Gasteiger partial charge < -0.3 is 14.7 Å². The fourth-order valence-corrected chi connectivity index (χ4v) is 4.97. The number of aliphatic hydroxyl groups is 1. The zero-order valence-corrected chi connectivity index (χ0v) is 22.1. The highest BCUT2D eigenvalue weighted by atomic mass is 32.2. The van der Waals surface area contributed by atoms with Gasteiger partial charge in [0.25, 0.3) is 5.91 Å². The van der Waals surface area contributed by atoms with Gasteiger partial charge in [-0.3, -0.25) is 19.4 Å². The Morgan fingerprint density at radius 3 is 2.59 bits per heavy atom. The Bertz CT molecular complexity index is 1340. The van der Waals surface area contributed by atoms with Crippen LogP contribution in [0.15, 0.2) is 60.8 Å². The molecule has 2 atom stereocenters. The summed E-state index contributed by atoms with van der Waals surface area (Å²) in [5, 5.41) is 10.5. The van der Waals surface area contributed by atoms with Gasteiger partial charge in [-0.1, -0.05) is 30.3 Å². The number of benzene rings is 2. The van der Waals surface area contributed by atoms with Crippen LogP contribution in [0.3, 0.4) is 0 Å². The van der Waals surface area contributed by atoms with E-state index in [0.29, 0.717) is 35.4 Å². The van der Waals surface area contributed by atoms with Gasteiger partial charge in [-0.05, 0) is 36.2 Å². The number of aliphatic hydroxyl groups excluding tert-OH is 1. The molecule has 4 rings (SSSR count). The van der Waals surface area contributed by atoms with Gasteiger partial charge in [0, 0.05) is 52.4 Å². The van der Waals surface area contributed by atoms with E-state index in [9.17, 15) is 18.3 Å². The summed E-state index contributed by atoms with van der Waals surface area (Å²) < 4.78 is 34.2. The molecule has 1 saturated heterocycles. The van der Waals surface area contributed by atoms with Crippen molar-refractivity contribution in [3.63, 3.8) is 0 Å². The average molecular weight is 528 g/mol. The van der Waals surface area contributed by atoms with Crippen LogP contribution in [0.1, 0.15) is 18.0 Å². The molecule has 2 N–H and O–H groups in total. The second-order valence-corrected chi connectivity index (χ2v) is 11.2. The first kappa shape index (κ1) is 26.8. The molecule has 2 heterocycles. The largest absolute Gasteiger partial charge is 0.483 e. The molecule has 0 bridgehead atoms. The van der Waals surface area contributed by atoms with E-state index in [1.54, 1.807) is 42.4 Å². The van der Waals surface area contributed by atoms with E-state index in [2.05, 4.69) is 14.6 Å². The van der Waals surface area contributed by atoms with Gasteiger partial charge in [0.05, 0.1) is 23.3 Å². The van der Waals surface area contributed by atoms with Crippen molar-refractivity contribution in [2.24, 2.45) is 0 Å². The Morgan fingerprint density at radius 1 is 1.16 bits per heavy atom. The van der Waals surface area contributed by atoms with Crippen molar-refractivity contribution in [3.8, 4) is 5.75 Å². The fraction of sp³-hybridized carbons (Fsp3) is 0.385. The summed E-state index contributed by atoms with van der Waals surface area (Å²) >= 11 is 0. The summed E-state index contributed by atoms with van der Waals surface area (Å²) in [5.74, 6) is 0.222. The second kappa shape index (κ2) is 11.4. The van der Waals surface area contributed by atoms with Crippen LogP contribution in [0.5, 0.6) is 5.75 Å². The number of carbonyl (C=O) groups is 1. The first-order valence-corrected chi connectivity index (χ1v) is 13.5. The lowest BCUT2D eigenvalue weighted by atomic mass is 10.0. The predicted octanol–water partition coefficient (Wildman–Crippen LogP) is 2.10. The van der Waals surface area contributed by atoms with E-state index < -0.39 is 10.2 Å². The maximum absolute atomic E-state index is 13.3. The molecule has 0 spiro atoms. The molecule has 0 saturated carbocycles. The van der Waals surface area contributed by atoms with Gasteiger partial charge in [0.15, 0.2) is 6.61 Å². The van der Waals surface area contributed by atoms with Crippen LogP contribution in [-0.2, 0) is 15.0 Å². The fourth-order valence-electron chi connectivity index (χ4n) is 4.35. The van der Waals surface area contributed by atoms with Crippen LogP contribution in [0.25, 0.3) is 10.9 Å². The zero-order chi connectivity index (χ0) is 26.6. The maximum Gasteiger partial charge on any atom is 0.301 e. The zero-order valence-electron chi connectivity index (χ0n) is 21.2. The lowest BCUT2D eigenvalue weighted by Crippen LogP contribution is -2.40. The minimum atomic E-state index is -3.72. The molecular weight excluding hydrogens is 494 g/mol. The predicted molar refractivity (Wildman–Crippen MR) is 142 cm³/mol. The number of likely N-dealkylation sites (N-methyl/N-ethyl adjacent to an activating group) is 1. The smallest absolute Gasteiger partial charge is 0.301 e. The number of rotatable bonds is 10. The molecule has 1 unspecified atom stereocenters. The lowest BCUT2D eigenvalue weighted by Gasteiger charge is -2.32. The van der Waals surface area contributed by atoms with Crippen molar-refractivity contribution in [3.05, 3.63) is 66.4 Å². The minimum absolute atomic E-state index is 0.199. The number of amides is 1. The number of nitrogens with zero attached hydrogens (tertiary/aromatic N) is 4. The normalized spacial score (nSPS) is 17.2. The van der Waals surface area contributed by atoms with Crippen molar-refractivity contribution in [2.75, 3.05) is 52.1 Å². The molecule has 37 heavy (non-hydrogen) atoms. The molecule has 0 aliphatic carbocycles. The summed E-state index contributed by atoms with van der Waals surface area (Å²) in [4.78, 5) is 21.4. The van der Waals surface area contributed by atoms with Gasteiger partial charge in [0.1, 0.15) is 5.75 Å². The van der Waals surface area contributed by atoms with E-state index in [1.807, 2.05) is 30.3 Å². The molecule has 1 aliphatic rings. The van der Waals surface area contributed by atoms with Gasteiger partial charge in [-0.25, -0.2) is 0 Å². The van der Waals surface area contributed by atoms with Gasteiger partial charge in [0.2, 0.25) is 0 Å². The Hall–Kier alpha value is -3.25. The lowest BCUT2D eigenvalue weighted by molar-refractivity contribution is -0.134. The highest BCUT2D eigenvalue weighted by Crippen LogP contribution is 2.31. The molecule has 1 amide bonds. The van der Waals surface area contributed by atoms with Crippen LogP contribution in [0.2, 0.25) is 0 Å². The Labute approximate surface area is 217 Å². The van der Waals surface area contributed by atoms with E-state index in [4.69, 9.17) is 4.74 Å². The average Bonchev–Trinajstić information content (AvgIpc) is 3.31. The number of fused-ring (bicyclic) bond motifs is 1. The number of aromatic nitrogens is 1. The number of anilines is 1. The molecular formula is C26H33N5O5S. The number of pyridine rings is 1. The quantitative estimate of drug-likeness (QED) is 0.415. The van der Waals surface area contributed by atoms with Crippen molar-refractivity contribution >= 4 is 32.7 Å². The van der Waals surface area contributed by atoms with Gasteiger partial charge in [-0.15, -0.1) is 0 Å². The number of carbonyl (C=O) groups excluding carboxylic acids is 1. The van der Waals surface area contributed by atoms with Crippen molar-refractivity contribution < 1.29 is 23.1 Å². The molecule has 1 fully saturated rings. The van der Waals surface area contributed by atoms with Crippen LogP contribution >= 0.6 is 0 Å². The summed E-state index contributed by atoms with van der Waals surface area (Å²) in [6, 6.07) is 16.3. The number of nitrogens with one attached hydrogen (secondary N) is 1. The molecule has 10 nitrogen and oxygen atoms in total. The van der Waals surface area contributed by atoms with Crippen LogP contribution < -0.4 is 9.46 Å². The van der Waals surface area contributed by atoms with Crippen molar-refractivity contribution in [2.45, 2.75) is 18.6 Å². The molecule has 11 heteroatoms. The van der Waals surface area contributed by atoms with Crippen LogP contribution in [-0.4, -0.2) is 92.0 Å². The molecule has 198 valence electrons. The Morgan fingerprint density at radius 2 is 1.92 bits per heavy atom. The Kier molecular flexibility index (Phi) is 8.28. The summed E-state index contributed by atoms with van der Waals surface area (Å²) in [6.45, 7) is 1.78. The number of likely N-dealkylation sites (tertiary alicyclic amines) is 1. The number of hydrogen-bond acceptors (Lipinski definition) is 7. The maximum atomic E-state index is 13.3. The third kappa shape index (κ3) is 6.37. The number of ether oxygens (including phenoxy) is 1. The van der Waals surface area contributed by atoms with Gasteiger partial charge >= 0.3 is 10.2 Å². The van der Waals surface area contributed by atoms with Crippen LogP contribution in [0, 0.1) is 0 Å². The third-order valence-corrected chi connectivity index (χ3v) is 7.96. The van der Waals surface area contributed by atoms with Crippen LogP contribution in [0.4, 0.5) is 5.69 Å². The third-order valence-electron chi connectivity index (χ3n) is 6.52. The van der Waals surface area contributed by atoms with E-state index >= 15 is 0 Å². The monoisotopic (exact) mass is 527 g/mol. The molecule has 0 radical (unpaired) electrons. The van der Waals surface area contributed by atoms with E-state index in [-0.39, 0.29) is 24.7 Å². The first-order chi connectivity index (χ1) is 17.7. The summed E-state index contributed by atoms with van der Waals surface area (Å²) in [5.41, 5.74) is 1.74. The summed E-state index contributed by atoms with van der Waals surface area (Å²) in [7, 11) is 0.912. The SMILES string of the molecule is CN(C(=O)COc1ccc(NS(=O)(=O)N(C)C)c2ncccc12)[C@H](CN1CCC(O)C1)c1ccccc1. The highest BCUT2D eigenvalue weighted by Gasteiger charge is 2.28. The van der Waals surface area contributed by atoms with E-state index in [0.717, 1.165) is 22.8 Å². The van der Waals surface area contributed by atoms with Crippen molar-refractivity contribution in [1.29, 1.82) is 0 Å². The first-order valence-electron chi connectivity index (χ1n) is 12.1. The molecule has 1 aromatic heterocycles. The molecule has 1 aliphatic heterocycles. The number of hydrogen-bond donors (Lipinski definition) is 2. The topological polar surface area (TPSA) is 115 Å². The standard InChI is InChI=1S/C26H33N5O5S/c1-29(2)37(34,35)28-22-11-12-24(21-10-7-14-27-26(21)22)36-18-25(33)30(3)23(19-8-5-4-6-9-19)17-31-15-13-20(32)16-31/h4-12,14,20,23,28,32H,13,15-18H2,1-3H3/t20?,23-/m1/s1. The Balaban J connectivity index is 1.51. The molecule has 2 aromatic carbocycles. The van der Waals surface area contributed by atoms with Gasteiger partial charge in [-0.2, -0.15) is 12.7 Å². The summed E-state index contributed by atoms with van der Waals surface area (Å²) in [6.07, 6.45) is 1.95. The van der Waals surface area contributed by atoms with E-state index in [1.165, 1.54) is 14.1 Å².